The number of piperidine rings is 1. The number of amides is 2. The molecule has 7 nitrogen and oxygen atoms in total. The fourth-order valence-electron chi connectivity index (χ4n) is 3.66. The van der Waals surface area contributed by atoms with E-state index in [2.05, 4.69) is 4.98 Å². The van der Waals surface area contributed by atoms with Crippen LogP contribution in [0.5, 0.6) is 0 Å². The predicted octanol–water partition coefficient (Wildman–Crippen LogP) is 0.969. The minimum absolute atomic E-state index is 0.0508. The van der Waals surface area contributed by atoms with Crippen molar-refractivity contribution in [2.75, 3.05) is 39.1 Å². The first-order chi connectivity index (χ1) is 11.1. The lowest BCUT2D eigenvalue weighted by Gasteiger charge is -2.44. The van der Waals surface area contributed by atoms with Crippen LogP contribution in [0.4, 0.5) is 5.13 Å². The molecule has 2 saturated heterocycles. The summed E-state index contributed by atoms with van der Waals surface area (Å²) >= 11 is 1.25. The number of nitrogens with zero attached hydrogens (tertiary/aromatic N) is 3. The molecule has 3 heterocycles. The van der Waals surface area contributed by atoms with Gasteiger partial charge in [-0.1, -0.05) is 0 Å². The molecule has 1 spiro atoms. The molecule has 2 amide bonds. The molecule has 2 aliphatic heterocycles. The van der Waals surface area contributed by atoms with Gasteiger partial charge in [0.25, 0.3) is 5.91 Å². The molecule has 0 aromatic carbocycles. The minimum atomic E-state index is -0.707. The number of hydrogen-bond donors (Lipinski definition) is 1. The van der Waals surface area contributed by atoms with Crippen LogP contribution in [-0.2, 0) is 9.53 Å². The second-order valence-electron chi connectivity index (χ2n) is 6.05. The molecule has 0 saturated carbocycles. The molecule has 1 aromatic rings. The van der Waals surface area contributed by atoms with Gasteiger partial charge in [-0.2, -0.15) is 0 Å². The van der Waals surface area contributed by atoms with E-state index in [1.54, 1.807) is 17.4 Å². The maximum absolute atomic E-state index is 13.0. The van der Waals surface area contributed by atoms with Crippen LogP contribution in [0, 0.1) is 0 Å². The maximum atomic E-state index is 13.0. The average Bonchev–Trinajstić information content (AvgIpc) is 3.15. The summed E-state index contributed by atoms with van der Waals surface area (Å²) in [5.74, 6) is -0.132. The van der Waals surface area contributed by atoms with Gasteiger partial charge in [-0.05, 0) is 25.7 Å². The number of ether oxygens (including phenoxy) is 1. The second kappa shape index (κ2) is 6.45. The van der Waals surface area contributed by atoms with Gasteiger partial charge in [0.1, 0.15) is 11.2 Å². The highest BCUT2D eigenvalue weighted by Crippen LogP contribution is 2.39. The van der Waals surface area contributed by atoms with Gasteiger partial charge in [0.15, 0.2) is 5.13 Å². The molecule has 126 valence electrons. The monoisotopic (exact) mass is 338 g/mol. The normalized spacial score (nSPS) is 24.7. The van der Waals surface area contributed by atoms with Crippen LogP contribution in [0.25, 0.3) is 0 Å². The fourth-order valence-corrected chi connectivity index (χ4v) is 4.20. The average molecular weight is 338 g/mol. The SMILES string of the molecule is COCCN1CCCC2(CCCN2C(=O)c2csc(N)n2)C1=O. The van der Waals surface area contributed by atoms with Gasteiger partial charge in [0.2, 0.25) is 5.91 Å². The molecule has 0 bridgehead atoms. The first-order valence-electron chi connectivity index (χ1n) is 7.90. The topological polar surface area (TPSA) is 88.8 Å². The third-order valence-electron chi connectivity index (χ3n) is 4.74. The molecule has 2 fully saturated rings. The third-order valence-corrected chi connectivity index (χ3v) is 5.42. The molecule has 0 aliphatic carbocycles. The summed E-state index contributed by atoms with van der Waals surface area (Å²) in [6.45, 7) is 2.41. The number of carbonyl (C=O) groups excluding carboxylic acids is 2. The van der Waals surface area contributed by atoms with Gasteiger partial charge in [0.05, 0.1) is 6.61 Å². The Bertz CT molecular complexity index is 605. The van der Waals surface area contributed by atoms with E-state index in [-0.39, 0.29) is 11.8 Å². The zero-order valence-electron chi connectivity index (χ0n) is 13.3. The summed E-state index contributed by atoms with van der Waals surface area (Å²) in [6.07, 6.45) is 3.19. The van der Waals surface area contributed by atoms with E-state index in [1.165, 1.54) is 11.3 Å². The Kier molecular flexibility index (Phi) is 4.54. The van der Waals surface area contributed by atoms with Crippen LogP contribution < -0.4 is 5.73 Å². The first-order valence-corrected chi connectivity index (χ1v) is 8.78. The molecule has 2 N–H and O–H groups in total. The number of aromatic nitrogens is 1. The Morgan fingerprint density at radius 1 is 1.43 bits per heavy atom. The molecular weight excluding hydrogens is 316 g/mol. The van der Waals surface area contributed by atoms with E-state index in [0.29, 0.717) is 30.5 Å². The van der Waals surface area contributed by atoms with E-state index in [1.807, 2.05) is 4.90 Å². The van der Waals surface area contributed by atoms with Crippen molar-refractivity contribution in [3.63, 3.8) is 0 Å². The van der Waals surface area contributed by atoms with Gasteiger partial charge >= 0.3 is 0 Å². The van der Waals surface area contributed by atoms with Crippen molar-refractivity contribution in [1.29, 1.82) is 0 Å². The largest absolute Gasteiger partial charge is 0.383 e. The molecule has 1 atom stereocenters. The van der Waals surface area contributed by atoms with E-state index in [4.69, 9.17) is 10.5 Å². The van der Waals surface area contributed by atoms with Crippen LogP contribution in [0.15, 0.2) is 5.38 Å². The summed E-state index contributed by atoms with van der Waals surface area (Å²) in [5, 5.41) is 2.04. The van der Waals surface area contributed by atoms with Crippen molar-refractivity contribution >= 4 is 28.3 Å². The standard InChI is InChI=1S/C15H22N4O3S/c1-22-9-8-18-6-2-4-15(13(18)21)5-3-7-19(15)12(20)11-10-23-14(16)17-11/h10H,2-9H2,1H3,(H2,16,17). The Hall–Kier alpha value is -1.67. The van der Waals surface area contributed by atoms with Gasteiger partial charge in [0, 0.05) is 32.1 Å². The van der Waals surface area contributed by atoms with Gasteiger partial charge < -0.3 is 20.3 Å². The van der Waals surface area contributed by atoms with Crippen molar-refractivity contribution in [3.05, 3.63) is 11.1 Å². The second-order valence-corrected chi connectivity index (χ2v) is 6.94. The zero-order chi connectivity index (χ0) is 16.4. The summed E-state index contributed by atoms with van der Waals surface area (Å²) in [6, 6.07) is 0. The molecular formula is C15H22N4O3S. The number of carbonyl (C=O) groups is 2. The molecule has 8 heteroatoms. The highest BCUT2D eigenvalue weighted by molar-refractivity contribution is 7.13. The summed E-state index contributed by atoms with van der Waals surface area (Å²) in [5.41, 5.74) is 5.27. The van der Waals surface area contributed by atoms with Crippen molar-refractivity contribution in [3.8, 4) is 0 Å². The maximum Gasteiger partial charge on any atom is 0.274 e. The van der Waals surface area contributed by atoms with Crippen molar-refractivity contribution < 1.29 is 14.3 Å². The van der Waals surface area contributed by atoms with E-state index >= 15 is 0 Å². The third kappa shape index (κ3) is 2.81. The number of anilines is 1. The van der Waals surface area contributed by atoms with Crippen LogP contribution in [-0.4, -0.2) is 65.5 Å². The van der Waals surface area contributed by atoms with Crippen molar-refractivity contribution in [2.24, 2.45) is 0 Å². The smallest absolute Gasteiger partial charge is 0.274 e. The van der Waals surface area contributed by atoms with Crippen LogP contribution in [0.2, 0.25) is 0 Å². The lowest BCUT2D eigenvalue weighted by molar-refractivity contribution is -0.146. The summed E-state index contributed by atoms with van der Waals surface area (Å²) in [7, 11) is 1.63. The zero-order valence-corrected chi connectivity index (χ0v) is 14.1. The molecule has 23 heavy (non-hydrogen) atoms. The number of hydrogen-bond acceptors (Lipinski definition) is 6. The van der Waals surface area contributed by atoms with Gasteiger partial charge in [-0.3, -0.25) is 9.59 Å². The number of rotatable bonds is 4. The van der Waals surface area contributed by atoms with E-state index in [0.717, 1.165) is 32.2 Å². The van der Waals surface area contributed by atoms with Crippen LogP contribution in [0.1, 0.15) is 36.2 Å². The quantitative estimate of drug-likeness (QED) is 0.884. The predicted molar refractivity (Wildman–Crippen MR) is 87.2 cm³/mol. The highest BCUT2D eigenvalue weighted by Gasteiger charge is 2.52. The number of thiazole rings is 1. The number of likely N-dealkylation sites (tertiary alicyclic amines) is 2. The van der Waals surface area contributed by atoms with E-state index < -0.39 is 5.54 Å². The Balaban J connectivity index is 1.84. The summed E-state index contributed by atoms with van der Waals surface area (Å²) in [4.78, 5) is 33.5. The number of methoxy groups -OCH3 is 1. The van der Waals surface area contributed by atoms with Crippen molar-refractivity contribution in [2.45, 2.75) is 31.2 Å². The Labute approximate surface area is 139 Å². The minimum Gasteiger partial charge on any atom is -0.383 e. The Morgan fingerprint density at radius 3 is 2.83 bits per heavy atom. The highest BCUT2D eigenvalue weighted by atomic mass is 32.1. The lowest BCUT2D eigenvalue weighted by Crippen LogP contribution is -2.61. The molecule has 1 aromatic heterocycles. The van der Waals surface area contributed by atoms with E-state index in [9.17, 15) is 9.59 Å². The molecule has 1 unspecified atom stereocenters. The van der Waals surface area contributed by atoms with Crippen LogP contribution >= 0.6 is 11.3 Å². The first kappa shape index (κ1) is 16.2. The molecule has 0 radical (unpaired) electrons. The fraction of sp³-hybridized carbons (Fsp3) is 0.667. The number of nitrogens with two attached hydrogens (primary N) is 1. The summed E-state index contributed by atoms with van der Waals surface area (Å²) < 4.78 is 5.09. The molecule has 2 aliphatic rings. The van der Waals surface area contributed by atoms with Crippen molar-refractivity contribution in [1.82, 2.24) is 14.8 Å². The van der Waals surface area contributed by atoms with Gasteiger partial charge in [-0.25, -0.2) is 4.98 Å². The van der Waals surface area contributed by atoms with Gasteiger partial charge in [-0.15, -0.1) is 11.3 Å². The van der Waals surface area contributed by atoms with Crippen LogP contribution in [0.3, 0.4) is 0 Å². The Morgan fingerprint density at radius 2 is 2.17 bits per heavy atom. The molecule has 3 rings (SSSR count). The lowest BCUT2D eigenvalue weighted by atomic mass is 9.85. The number of nitrogen functional groups attached to an aromatic ring is 1.